The predicted molar refractivity (Wildman–Crippen MR) is 72.4 cm³/mol. The quantitative estimate of drug-likeness (QED) is 0.450. The van der Waals surface area contributed by atoms with Gasteiger partial charge in [0, 0.05) is 12.3 Å². The molecule has 0 unspecified atom stereocenters. The van der Waals surface area contributed by atoms with Crippen molar-refractivity contribution in [3.63, 3.8) is 0 Å². The number of benzene rings is 1. The predicted octanol–water partition coefficient (Wildman–Crippen LogP) is 2.01. The molecule has 0 heterocycles. The molecular weight excluding hydrogens is 214 g/mol. The van der Waals surface area contributed by atoms with E-state index in [9.17, 15) is 0 Å². The summed E-state index contributed by atoms with van der Waals surface area (Å²) < 4.78 is 5.18. The fourth-order valence-corrected chi connectivity index (χ4v) is 1.43. The Balaban J connectivity index is 2.46. The van der Waals surface area contributed by atoms with Crippen LogP contribution in [0.3, 0.4) is 0 Å². The molecule has 0 aliphatic rings. The highest BCUT2D eigenvalue weighted by atomic mass is 16.5. The summed E-state index contributed by atoms with van der Waals surface area (Å²) >= 11 is 0. The van der Waals surface area contributed by atoms with E-state index < -0.39 is 0 Å². The number of nitrogens with one attached hydrogen (secondary N) is 1. The molecule has 0 aliphatic carbocycles. The normalized spacial score (nSPS) is 11.5. The number of hydrogen-bond donors (Lipinski definition) is 2. The number of guanidine groups is 1. The first-order chi connectivity index (χ1) is 8.26. The number of aryl methyl sites for hydroxylation is 1. The fraction of sp³-hybridized carbons (Fsp3) is 0.462. The summed E-state index contributed by atoms with van der Waals surface area (Å²) in [6.07, 6.45) is 1.01. The van der Waals surface area contributed by atoms with E-state index in [-0.39, 0.29) is 0 Å². The van der Waals surface area contributed by atoms with Crippen molar-refractivity contribution in [1.82, 2.24) is 0 Å². The van der Waals surface area contributed by atoms with Gasteiger partial charge in [-0.1, -0.05) is 19.1 Å². The Morgan fingerprint density at radius 1 is 1.41 bits per heavy atom. The van der Waals surface area contributed by atoms with Crippen LogP contribution < -0.4 is 11.1 Å². The lowest BCUT2D eigenvalue weighted by Gasteiger charge is -2.07. The first-order valence-corrected chi connectivity index (χ1v) is 5.99. The second-order valence-corrected chi connectivity index (χ2v) is 3.64. The van der Waals surface area contributed by atoms with Gasteiger partial charge >= 0.3 is 0 Å². The molecule has 0 amide bonds. The SMILES string of the molecule is CCOCCN=C(N)Nc1cccc(CC)c1. The number of nitrogens with zero attached hydrogens (tertiary/aromatic N) is 1. The zero-order valence-electron chi connectivity index (χ0n) is 10.6. The third kappa shape index (κ3) is 5.36. The Bertz CT molecular complexity index is 363. The molecule has 94 valence electrons. The Hall–Kier alpha value is -1.55. The maximum atomic E-state index is 5.76. The molecule has 4 heteroatoms. The van der Waals surface area contributed by atoms with E-state index in [4.69, 9.17) is 10.5 Å². The molecule has 0 radical (unpaired) electrons. The summed E-state index contributed by atoms with van der Waals surface area (Å²) in [6, 6.07) is 8.15. The summed E-state index contributed by atoms with van der Waals surface area (Å²) in [7, 11) is 0. The summed E-state index contributed by atoms with van der Waals surface area (Å²) in [5, 5.41) is 3.07. The zero-order valence-corrected chi connectivity index (χ0v) is 10.6. The number of nitrogens with two attached hydrogens (primary N) is 1. The monoisotopic (exact) mass is 235 g/mol. The third-order valence-electron chi connectivity index (χ3n) is 2.33. The van der Waals surface area contributed by atoms with E-state index in [1.807, 2.05) is 19.1 Å². The maximum Gasteiger partial charge on any atom is 0.193 e. The lowest BCUT2D eigenvalue weighted by atomic mass is 10.1. The van der Waals surface area contributed by atoms with E-state index in [1.54, 1.807) is 0 Å². The zero-order chi connectivity index (χ0) is 12.5. The van der Waals surface area contributed by atoms with Crippen LogP contribution >= 0.6 is 0 Å². The maximum absolute atomic E-state index is 5.76. The third-order valence-corrected chi connectivity index (χ3v) is 2.33. The highest BCUT2D eigenvalue weighted by Crippen LogP contribution is 2.10. The van der Waals surface area contributed by atoms with Crippen LogP contribution in [0.2, 0.25) is 0 Å². The second-order valence-electron chi connectivity index (χ2n) is 3.64. The summed E-state index contributed by atoms with van der Waals surface area (Å²) in [5.41, 5.74) is 8.01. The molecule has 0 bridgehead atoms. The Labute approximate surface area is 103 Å². The minimum Gasteiger partial charge on any atom is -0.380 e. The van der Waals surface area contributed by atoms with Crippen molar-refractivity contribution in [3.8, 4) is 0 Å². The molecule has 0 atom stereocenters. The largest absolute Gasteiger partial charge is 0.380 e. The van der Waals surface area contributed by atoms with E-state index in [0.717, 1.165) is 12.1 Å². The molecule has 0 saturated heterocycles. The first kappa shape index (κ1) is 13.5. The summed E-state index contributed by atoms with van der Waals surface area (Å²) in [6.45, 7) is 5.98. The fourth-order valence-electron chi connectivity index (χ4n) is 1.43. The van der Waals surface area contributed by atoms with Gasteiger partial charge in [-0.2, -0.15) is 0 Å². The standard InChI is InChI=1S/C13H21N3O/c1-3-11-6-5-7-12(10-11)16-13(14)15-8-9-17-4-2/h5-7,10H,3-4,8-9H2,1-2H3,(H3,14,15,16). The van der Waals surface area contributed by atoms with Crippen LogP contribution in [0.4, 0.5) is 5.69 Å². The van der Waals surface area contributed by atoms with Crippen molar-refractivity contribution < 1.29 is 4.74 Å². The van der Waals surface area contributed by atoms with Gasteiger partial charge in [0.25, 0.3) is 0 Å². The molecule has 0 spiro atoms. The topological polar surface area (TPSA) is 59.6 Å². The minimum absolute atomic E-state index is 0.429. The number of anilines is 1. The molecule has 3 N–H and O–H groups in total. The van der Waals surface area contributed by atoms with Crippen LogP contribution in [0.5, 0.6) is 0 Å². The molecule has 0 fully saturated rings. The van der Waals surface area contributed by atoms with Gasteiger partial charge < -0.3 is 15.8 Å². The molecule has 1 aromatic rings. The van der Waals surface area contributed by atoms with Crippen molar-refractivity contribution in [1.29, 1.82) is 0 Å². The lowest BCUT2D eigenvalue weighted by molar-refractivity contribution is 0.156. The number of rotatable bonds is 6. The average Bonchev–Trinajstić information content (AvgIpc) is 2.35. The number of ether oxygens (including phenoxy) is 1. The number of aliphatic imine (C=N–C) groups is 1. The van der Waals surface area contributed by atoms with Crippen LogP contribution in [0.25, 0.3) is 0 Å². The van der Waals surface area contributed by atoms with Crippen LogP contribution in [0, 0.1) is 0 Å². The van der Waals surface area contributed by atoms with Crippen LogP contribution in [0.1, 0.15) is 19.4 Å². The van der Waals surface area contributed by atoms with Gasteiger partial charge in [0.15, 0.2) is 5.96 Å². The van der Waals surface area contributed by atoms with Crippen molar-refractivity contribution in [2.75, 3.05) is 25.1 Å². The van der Waals surface area contributed by atoms with Gasteiger partial charge in [-0.25, -0.2) is 0 Å². The number of hydrogen-bond acceptors (Lipinski definition) is 2. The van der Waals surface area contributed by atoms with E-state index in [1.165, 1.54) is 5.56 Å². The van der Waals surface area contributed by atoms with Gasteiger partial charge in [-0.05, 0) is 31.0 Å². The minimum atomic E-state index is 0.429. The lowest BCUT2D eigenvalue weighted by Crippen LogP contribution is -2.23. The summed E-state index contributed by atoms with van der Waals surface area (Å²) in [4.78, 5) is 4.17. The molecule has 17 heavy (non-hydrogen) atoms. The Morgan fingerprint density at radius 3 is 2.94 bits per heavy atom. The summed E-state index contributed by atoms with van der Waals surface area (Å²) in [5.74, 6) is 0.429. The van der Waals surface area contributed by atoms with Crippen molar-refractivity contribution in [2.45, 2.75) is 20.3 Å². The molecule has 0 aromatic heterocycles. The highest BCUT2D eigenvalue weighted by molar-refractivity contribution is 5.92. The smallest absolute Gasteiger partial charge is 0.193 e. The molecule has 0 aliphatic heterocycles. The molecular formula is C13H21N3O. The van der Waals surface area contributed by atoms with Gasteiger partial charge in [0.05, 0.1) is 13.2 Å². The van der Waals surface area contributed by atoms with Crippen molar-refractivity contribution in [3.05, 3.63) is 29.8 Å². The van der Waals surface area contributed by atoms with Gasteiger partial charge in [-0.3, -0.25) is 4.99 Å². The van der Waals surface area contributed by atoms with Crippen molar-refractivity contribution in [2.24, 2.45) is 10.7 Å². The van der Waals surface area contributed by atoms with Gasteiger partial charge in [-0.15, -0.1) is 0 Å². The highest BCUT2D eigenvalue weighted by Gasteiger charge is 1.96. The van der Waals surface area contributed by atoms with Crippen molar-refractivity contribution >= 4 is 11.6 Å². The Kier molecular flexibility index (Phi) is 6.10. The van der Waals surface area contributed by atoms with Crippen LogP contribution in [0.15, 0.2) is 29.3 Å². The molecule has 0 saturated carbocycles. The molecule has 4 nitrogen and oxygen atoms in total. The molecule has 1 rings (SSSR count). The van der Waals surface area contributed by atoms with Crippen LogP contribution in [-0.4, -0.2) is 25.7 Å². The van der Waals surface area contributed by atoms with Gasteiger partial charge in [0.2, 0.25) is 0 Å². The van der Waals surface area contributed by atoms with Crippen LogP contribution in [-0.2, 0) is 11.2 Å². The second kappa shape index (κ2) is 7.68. The van der Waals surface area contributed by atoms with E-state index in [0.29, 0.717) is 25.7 Å². The average molecular weight is 235 g/mol. The molecule has 1 aromatic carbocycles. The Morgan fingerprint density at radius 2 is 2.24 bits per heavy atom. The van der Waals surface area contributed by atoms with E-state index >= 15 is 0 Å². The first-order valence-electron chi connectivity index (χ1n) is 5.99. The van der Waals surface area contributed by atoms with E-state index in [2.05, 4.69) is 29.4 Å². The van der Waals surface area contributed by atoms with Gasteiger partial charge in [0.1, 0.15) is 0 Å².